The number of hydrogen-bond acceptors (Lipinski definition) is 9. The summed E-state index contributed by atoms with van der Waals surface area (Å²) in [6.45, 7) is 9.43. The molecule has 1 N–H and O–H groups in total. The van der Waals surface area contributed by atoms with Gasteiger partial charge in [-0.15, -0.1) is 5.10 Å². The quantitative estimate of drug-likeness (QED) is 0.279. The molecule has 1 fully saturated rings. The number of amides is 1. The molecule has 1 amide bonds. The highest BCUT2D eigenvalue weighted by Gasteiger charge is 2.34. The summed E-state index contributed by atoms with van der Waals surface area (Å²) in [6, 6.07) is 11.2. The third-order valence-corrected chi connectivity index (χ3v) is 7.10. The van der Waals surface area contributed by atoms with Gasteiger partial charge in [0.05, 0.1) is 19.9 Å². The van der Waals surface area contributed by atoms with Crippen LogP contribution in [0.15, 0.2) is 48.8 Å². The summed E-state index contributed by atoms with van der Waals surface area (Å²) in [6.07, 6.45) is 4.37. The fourth-order valence-corrected chi connectivity index (χ4v) is 4.75. The topological polar surface area (TPSA) is 117 Å². The fourth-order valence-electron chi connectivity index (χ4n) is 4.60. The molecule has 1 saturated heterocycles. The molecule has 41 heavy (non-hydrogen) atoms. The van der Waals surface area contributed by atoms with E-state index >= 15 is 0 Å². The van der Waals surface area contributed by atoms with Crippen molar-refractivity contribution in [1.82, 2.24) is 30.0 Å². The Morgan fingerprint density at radius 1 is 1.12 bits per heavy atom. The maximum Gasteiger partial charge on any atom is 0.408 e. The first-order valence-electron chi connectivity index (χ1n) is 13.4. The average molecular weight is 580 g/mol. The number of aromatic nitrogens is 5. The molecule has 1 aliphatic rings. The lowest BCUT2D eigenvalue weighted by Crippen LogP contribution is -2.54. The van der Waals surface area contributed by atoms with Crippen LogP contribution in [-0.2, 0) is 11.3 Å². The molecule has 0 radical (unpaired) electrons. The Morgan fingerprint density at radius 2 is 1.85 bits per heavy atom. The number of methoxy groups -OCH3 is 1. The van der Waals surface area contributed by atoms with Gasteiger partial charge in [0.15, 0.2) is 22.1 Å². The number of piperidine rings is 1. The third kappa shape index (κ3) is 6.79. The molecule has 0 saturated carbocycles. The van der Waals surface area contributed by atoms with Crippen molar-refractivity contribution >= 4 is 34.7 Å². The molecule has 0 bridgehead atoms. The van der Waals surface area contributed by atoms with Crippen molar-refractivity contribution in [2.24, 2.45) is 0 Å². The van der Waals surface area contributed by atoms with Crippen LogP contribution in [0.4, 0.5) is 10.6 Å². The summed E-state index contributed by atoms with van der Waals surface area (Å²) in [4.78, 5) is 28.3. The molecule has 216 valence electrons. The monoisotopic (exact) mass is 579 g/mol. The Labute approximate surface area is 243 Å². The second-order valence-corrected chi connectivity index (χ2v) is 11.6. The SMILES string of the molecule is COc1ccc(Cn2nc(Oc3cccnc3Cl)c3ncc(N4CCC(C)(NC(=O)OC(C)(C)C)CC4)nc32)cc1. The van der Waals surface area contributed by atoms with Gasteiger partial charge in [0.2, 0.25) is 0 Å². The van der Waals surface area contributed by atoms with E-state index in [0.29, 0.717) is 36.5 Å². The van der Waals surface area contributed by atoms with Crippen molar-refractivity contribution in [3.05, 3.63) is 59.5 Å². The Kier molecular flexibility index (Phi) is 7.90. The highest BCUT2D eigenvalue weighted by Crippen LogP contribution is 2.33. The number of pyridine rings is 1. The van der Waals surface area contributed by atoms with E-state index < -0.39 is 11.7 Å². The van der Waals surface area contributed by atoms with Crippen LogP contribution in [0.5, 0.6) is 17.4 Å². The van der Waals surface area contributed by atoms with Gasteiger partial charge in [-0.05, 0) is 70.4 Å². The van der Waals surface area contributed by atoms with Gasteiger partial charge in [0.25, 0.3) is 5.88 Å². The molecule has 0 atom stereocenters. The molecule has 0 aliphatic carbocycles. The molecule has 0 spiro atoms. The van der Waals surface area contributed by atoms with Crippen molar-refractivity contribution in [2.75, 3.05) is 25.1 Å². The van der Waals surface area contributed by atoms with Crippen LogP contribution in [0.2, 0.25) is 5.15 Å². The van der Waals surface area contributed by atoms with Gasteiger partial charge in [0.1, 0.15) is 17.2 Å². The van der Waals surface area contributed by atoms with Gasteiger partial charge < -0.3 is 24.4 Å². The van der Waals surface area contributed by atoms with Gasteiger partial charge >= 0.3 is 6.09 Å². The predicted molar refractivity (Wildman–Crippen MR) is 156 cm³/mol. The Balaban J connectivity index is 1.40. The van der Waals surface area contributed by atoms with E-state index in [4.69, 9.17) is 40.9 Å². The van der Waals surface area contributed by atoms with Crippen LogP contribution in [0.1, 0.15) is 46.1 Å². The molecular formula is C29H34ClN7O4. The number of nitrogens with zero attached hydrogens (tertiary/aromatic N) is 6. The third-order valence-electron chi connectivity index (χ3n) is 6.82. The number of benzene rings is 1. The Bertz CT molecular complexity index is 1530. The molecule has 11 nitrogen and oxygen atoms in total. The highest BCUT2D eigenvalue weighted by atomic mass is 35.5. The van der Waals surface area contributed by atoms with Gasteiger partial charge in [-0.1, -0.05) is 23.7 Å². The van der Waals surface area contributed by atoms with E-state index in [2.05, 4.69) is 15.2 Å². The maximum atomic E-state index is 12.4. The van der Waals surface area contributed by atoms with Crippen LogP contribution in [-0.4, -0.2) is 62.2 Å². The molecule has 0 unspecified atom stereocenters. The lowest BCUT2D eigenvalue weighted by Gasteiger charge is -2.40. The first-order valence-corrected chi connectivity index (χ1v) is 13.8. The summed E-state index contributed by atoms with van der Waals surface area (Å²) < 4.78 is 18.6. The number of ether oxygens (including phenoxy) is 3. The number of halogens is 1. The smallest absolute Gasteiger partial charge is 0.408 e. The first kappa shape index (κ1) is 28.4. The zero-order chi connectivity index (χ0) is 29.2. The molecule has 1 aliphatic heterocycles. The first-order chi connectivity index (χ1) is 19.5. The molecule has 12 heteroatoms. The largest absolute Gasteiger partial charge is 0.497 e. The number of anilines is 1. The van der Waals surface area contributed by atoms with Crippen molar-refractivity contribution < 1.29 is 19.0 Å². The van der Waals surface area contributed by atoms with Crippen LogP contribution in [0.25, 0.3) is 11.2 Å². The summed E-state index contributed by atoms with van der Waals surface area (Å²) in [5.41, 5.74) is 1.17. The summed E-state index contributed by atoms with van der Waals surface area (Å²) >= 11 is 6.24. The molecule has 3 aromatic heterocycles. The van der Waals surface area contributed by atoms with Crippen molar-refractivity contribution in [3.63, 3.8) is 0 Å². The van der Waals surface area contributed by atoms with Gasteiger partial charge in [-0.25, -0.2) is 24.4 Å². The zero-order valence-corrected chi connectivity index (χ0v) is 24.6. The van der Waals surface area contributed by atoms with E-state index in [0.717, 1.165) is 30.0 Å². The number of nitrogens with one attached hydrogen (secondary N) is 1. The molecular weight excluding hydrogens is 546 g/mol. The average Bonchev–Trinajstić information content (AvgIpc) is 3.25. The number of carbonyl (C=O) groups is 1. The minimum atomic E-state index is -0.550. The second kappa shape index (κ2) is 11.4. The molecule has 4 heterocycles. The zero-order valence-electron chi connectivity index (χ0n) is 23.8. The fraction of sp³-hybridized carbons (Fsp3) is 0.414. The number of rotatable bonds is 7. The molecule has 5 rings (SSSR count). The van der Waals surface area contributed by atoms with Crippen LogP contribution in [0.3, 0.4) is 0 Å². The van der Waals surface area contributed by atoms with Gasteiger partial charge in [0, 0.05) is 24.8 Å². The van der Waals surface area contributed by atoms with Crippen molar-refractivity contribution in [3.8, 4) is 17.4 Å². The van der Waals surface area contributed by atoms with E-state index in [1.54, 1.807) is 36.3 Å². The van der Waals surface area contributed by atoms with Crippen LogP contribution in [0, 0.1) is 0 Å². The van der Waals surface area contributed by atoms with Gasteiger partial charge in [-0.2, -0.15) is 0 Å². The van der Waals surface area contributed by atoms with Gasteiger partial charge in [-0.3, -0.25) is 0 Å². The van der Waals surface area contributed by atoms with Crippen LogP contribution >= 0.6 is 11.6 Å². The van der Waals surface area contributed by atoms with E-state index in [1.807, 2.05) is 52.0 Å². The molecule has 4 aromatic rings. The lowest BCUT2D eigenvalue weighted by molar-refractivity contribution is 0.0448. The highest BCUT2D eigenvalue weighted by molar-refractivity contribution is 6.30. The maximum absolute atomic E-state index is 12.4. The number of fused-ring (bicyclic) bond motifs is 1. The Morgan fingerprint density at radius 3 is 2.51 bits per heavy atom. The van der Waals surface area contributed by atoms with Crippen LogP contribution < -0.4 is 19.7 Å². The van der Waals surface area contributed by atoms with Crippen molar-refractivity contribution in [2.45, 2.75) is 58.2 Å². The minimum absolute atomic E-state index is 0.228. The van der Waals surface area contributed by atoms with E-state index in [1.165, 1.54) is 0 Å². The number of alkyl carbamates (subject to hydrolysis) is 1. The standard InChI is InChI=1S/C29H34ClN7O4/c1-28(2,3)41-27(38)34-29(4)12-15-36(16-13-29)22-17-32-23-25(33-22)37(18-19-8-10-20(39-5)11-9-19)35-26(23)40-21-7-6-14-31-24(21)30/h6-11,14,17H,12-13,15-16,18H2,1-5H3,(H,34,38). The summed E-state index contributed by atoms with van der Waals surface area (Å²) in [7, 11) is 1.64. The normalized spacial score (nSPS) is 15.0. The number of carbonyl (C=O) groups excluding carboxylic acids is 1. The summed E-state index contributed by atoms with van der Waals surface area (Å²) in [5, 5.41) is 7.98. The van der Waals surface area contributed by atoms with E-state index in [-0.39, 0.29) is 16.6 Å². The molecule has 1 aromatic carbocycles. The minimum Gasteiger partial charge on any atom is -0.497 e. The lowest BCUT2D eigenvalue weighted by atomic mass is 9.90. The summed E-state index contributed by atoms with van der Waals surface area (Å²) in [5.74, 6) is 2.16. The van der Waals surface area contributed by atoms with E-state index in [9.17, 15) is 4.79 Å². The Hall–Kier alpha value is -4.12. The predicted octanol–water partition coefficient (Wildman–Crippen LogP) is 5.61. The number of hydrogen-bond donors (Lipinski definition) is 1. The second-order valence-electron chi connectivity index (χ2n) is 11.3. The van der Waals surface area contributed by atoms with Crippen molar-refractivity contribution in [1.29, 1.82) is 0 Å².